The molecular weight excluding hydrogens is 240 g/mol. The number of aliphatic carboxylic acids is 1. The van der Waals surface area contributed by atoms with Crippen LogP contribution in [-0.2, 0) is 16.0 Å². The molecule has 2 N–H and O–H groups in total. The molecule has 0 saturated carbocycles. The van der Waals surface area contributed by atoms with Gasteiger partial charge in [0.25, 0.3) is 0 Å². The number of carboxylic acid groups (broad SMARTS) is 1. The average Bonchev–Trinajstić information content (AvgIpc) is 2.63. The smallest absolute Gasteiger partial charge is 0.327 e. The lowest BCUT2D eigenvalue weighted by atomic mass is 10.2. The number of thiazole rings is 1. The Hall–Kier alpha value is -1.87. The zero-order chi connectivity index (χ0) is 12.8. The van der Waals surface area contributed by atoms with E-state index in [9.17, 15) is 9.59 Å². The van der Waals surface area contributed by atoms with Gasteiger partial charge < -0.3 is 10.4 Å². The molecule has 1 aromatic heterocycles. The summed E-state index contributed by atoms with van der Waals surface area (Å²) < 4.78 is 0. The standard InChI is InChI=1S/C11H12N2O3S/c1-3-4-9(11(15)16)13-10(14)5-8-6-17-7(2)12-8/h1,6,9H,4-5H2,2H3,(H,13,14)(H,15,16). The Kier molecular flexibility index (Phi) is 4.67. The molecule has 1 amide bonds. The predicted octanol–water partition coefficient (Wildman–Crippen LogP) is 0.587. The van der Waals surface area contributed by atoms with Crippen molar-refractivity contribution in [1.29, 1.82) is 0 Å². The largest absolute Gasteiger partial charge is 0.480 e. The fourth-order valence-corrected chi connectivity index (χ4v) is 1.83. The molecule has 1 unspecified atom stereocenters. The molecule has 0 aliphatic heterocycles. The minimum Gasteiger partial charge on any atom is -0.480 e. The van der Waals surface area contributed by atoms with Crippen LogP contribution < -0.4 is 5.32 Å². The van der Waals surface area contributed by atoms with Crippen molar-refractivity contribution >= 4 is 23.2 Å². The van der Waals surface area contributed by atoms with Crippen molar-refractivity contribution in [3.05, 3.63) is 16.1 Å². The van der Waals surface area contributed by atoms with Gasteiger partial charge >= 0.3 is 5.97 Å². The summed E-state index contributed by atoms with van der Waals surface area (Å²) in [6.45, 7) is 1.84. The summed E-state index contributed by atoms with van der Waals surface area (Å²) in [5.41, 5.74) is 0.634. The second-order valence-electron chi connectivity index (χ2n) is 3.40. The SMILES string of the molecule is C#CCC(NC(=O)Cc1csc(C)n1)C(=O)O. The fraction of sp³-hybridized carbons (Fsp3) is 0.364. The lowest BCUT2D eigenvalue weighted by molar-refractivity contribution is -0.141. The first-order chi connectivity index (χ1) is 8.02. The number of hydrogen-bond acceptors (Lipinski definition) is 4. The van der Waals surface area contributed by atoms with E-state index in [-0.39, 0.29) is 12.8 Å². The third-order valence-electron chi connectivity index (χ3n) is 1.96. The molecule has 0 aliphatic rings. The lowest BCUT2D eigenvalue weighted by Crippen LogP contribution is -2.41. The Morgan fingerprint density at radius 2 is 2.41 bits per heavy atom. The number of aryl methyl sites for hydroxylation is 1. The van der Waals surface area contributed by atoms with E-state index in [0.29, 0.717) is 5.69 Å². The molecule has 1 atom stereocenters. The molecule has 0 spiro atoms. The Morgan fingerprint density at radius 3 is 2.88 bits per heavy atom. The van der Waals surface area contributed by atoms with E-state index < -0.39 is 17.9 Å². The van der Waals surface area contributed by atoms with Crippen LogP contribution >= 0.6 is 11.3 Å². The maximum absolute atomic E-state index is 11.5. The van der Waals surface area contributed by atoms with Crippen molar-refractivity contribution in [2.45, 2.75) is 25.8 Å². The molecule has 90 valence electrons. The third-order valence-corrected chi connectivity index (χ3v) is 2.79. The van der Waals surface area contributed by atoms with Crippen LogP contribution in [0.15, 0.2) is 5.38 Å². The minimum absolute atomic E-state index is 0.0306. The second-order valence-corrected chi connectivity index (χ2v) is 4.46. The molecule has 1 heterocycles. The number of carbonyl (C=O) groups is 2. The van der Waals surface area contributed by atoms with Gasteiger partial charge in [0.15, 0.2) is 0 Å². The van der Waals surface area contributed by atoms with Gasteiger partial charge in [-0.3, -0.25) is 4.79 Å². The normalized spacial score (nSPS) is 11.5. The fourth-order valence-electron chi connectivity index (χ4n) is 1.22. The minimum atomic E-state index is -1.13. The Morgan fingerprint density at radius 1 is 1.71 bits per heavy atom. The van der Waals surface area contributed by atoms with Crippen molar-refractivity contribution < 1.29 is 14.7 Å². The number of amides is 1. The molecule has 17 heavy (non-hydrogen) atoms. The summed E-state index contributed by atoms with van der Waals surface area (Å²) >= 11 is 1.44. The highest BCUT2D eigenvalue weighted by molar-refractivity contribution is 7.09. The molecule has 0 saturated heterocycles. The van der Waals surface area contributed by atoms with Crippen LogP contribution in [0.5, 0.6) is 0 Å². The summed E-state index contributed by atoms with van der Waals surface area (Å²) in [5, 5.41) is 13.8. The number of nitrogens with zero attached hydrogens (tertiary/aromatic N) is 1. The van der Waals surface area contributed by atoms with Crippen LogP contribution in [0.25, 0.3) is 0 Å². The molecule has 5 nitrogen and oxygen atoms in total. The zero-order valence-corrected chi connectivity index (χ0v) is 10.1. The zero-order valence-electron chi connectivity index (χ0n) is 9.27. The molecule has 6 heteroatoms. The predicted molar refractivity (Wildman–Crippen MR) is 63.6 cm³/mol. The highest BCUT2D eigenvalue weighted by atomic mass is 32.1. The molecule has 0 fully saturated rings. The Balaban J connectivity index is 2.54. The van der Waals surface area contributed by atoms with Crippen LogP contribution in [0.2, 0.25) is 0 Å². The van der Waals surface area contributed by atoms with Crippen molar-refractivity contribution in [3.8, 4) is 12.3 Å². The molecule has 0 radical (unpaired) electrons. The van der Waals surface area contributed by atoms with Crippen LogP contribution in [0.3, 0.4) is 0 Å². The van der Waals surface area contributed by atoms with E-state index >= 15 is 0 Å². The second kappa shape index (κ2) is 6.01. The van der Waals surface area contributed by atoms with Gasteiger partial charge in [-0.05, 0) is 6.92 Å². The summed E-state index contributed by atoms with van der Waals surface area (Å²) in [7, 11) is 0. The van der Waals surface area contributed by atoms with Crippen LogP contribution in [0.1, 0.15) is 17.1 Å². The van der Waals surface area contributed by atoms with Gasteiger partial charge in [-0.1, -0.05) is 0 Å². The summed E-state index contributed by atoms with van der Waals surface area (Å²) in [5.74, 6) is 0.689. The van der Waals surface area contributed by atoms with E-state index in [4.69, 9.17) is 11.5 Å². The summed E-state index contributed by atoms with van der Waals surface area (Å²) in [6.07, 6.45) is 5.06. The van der Waals surface area contributed by atoms with E-state index in [0.717, 1.165) is 5.01 Å². The Bertz CT molecular complexity index is 462. The number of nitrogens with one attached hydrogen (secondary N) is 1. The lowest BCUT2D eigenvalue weighted by Gasteiger charge is -2.10. The number of hydrogen-bond donors (Lipinski definition) is 2. The van der Waals surface area contributed by atoms with Gasteiger partial charge in [0.05, 0.1) is 17.1 Å². The molecule has 0 aliphatic carbocycles. The van der Waals surface area contributed by atoms with Gasteiger partial charge in [0.2, 0.25) is 5.91 Å². The molecule has 1 aromatic rings. The topological polar surface area (TPSA) is 79.3 Å². The number of carboxylic acids is 1. The molecular formula is C11H12N2O3S. The first-order valence-corrected chi connectivity index (χ1v) is 5.77. The molecule has 0 bridgehead atoms. The van der Waals surface area contributed by atoms with Crippen molar-refractivity contribution in [2.75, 3.05) is 0 Å². The Labute approximate surface area is 103 Å². The maximum atomic E-state index is 11.5. The van der Waals surface area contributed by atoms with E-state index in [1.54, 1.807) is 5.38 Å². The summed E-state index contributed by atoms with van der Waals surface area (Å²) in [6, 6.07) is -1.03. The van der Waals surface area contributed by atoms with Crippen molar-refractivity contribution in [1.82, 2.24) is 10.3 Å². The number of terminal acetylenes is 1. The van der Waals surface area contributed by atoms with Crippen LogP contribution in [0, 0.1) is 19.3 Å². The number of aromatic nitrogens is 1. The number of rotatable bonds is 5. The van der Waals surface area contributed by atoms with Crippen LogP contribution in [-0.4, -0.2) is 28.0 Å². The molecule has 0 aromatic carbocycles. The van der Waals surface area contributed by atoms with E-state index in [2.05, 4.69) is 16.2 Å². The van der Waals surface area contributed by atoms with E-state index in [1.165, 1.54) is 11.3 Å². The van der Waals surface area contributed by atoms with Crippen molar-refractivity contribution in [2.24, 2.45) is 0 Å². The highest BCUT2D eigenvalue weighted by Gasteiger charge is 2.19. The first kappa shape index (κ1) is 13.2. The van der Waals surface area contributed by atoms with Gasteiger partial charge in [-0.15, -0.1) is 23.7 Å². The van der Waals surface area contributed by atoms with Gasteiger partial charge in [-0.25, -0.2) is 9.78 Å². The van der Waals surface area contributed by atoms with Gasteiger partial charge in [-0.2, -0.15) is 0 Å². The van der Waals surface area contributed by atoms with Gasteiger partial charge in [0, 0.05) is 11.8 Å². The number of carbonyl (C=O) groups excluding carboxylic acids is 1. The maximum Gasteiger partial charge on any atom is 0.327 e. The quantitative estimate of drug-likeness (QED) is 0.752. The average molecular weight is 252 g/mol. The van der Waals surface area contributed by atoms with Gasteiger partial charge in [0.1, 0.15) is 6.04 Å². The monoisotopic (exact) mass is 252 g/mol. The third kappa shape index (κ3) is 4.25. The van der Waals surface area contributed by atoms with Crippen molar-refractivity contribution in [3.63, 3.8) is 0 Å². The van der Waals surface area contributed by atoms with Crippen LogP contribution in [0.4, 0.5) is 0 Å². The highest BCUT2D eigenvalue weighted by Crippen LogP contribution is 2.08. The molecule has 1 rings (SSSR count). The summed E-state index contributed by atoms with van der Waals surface area (Å²) in [4.78, 5) is 26.4. The van der Waals surface area contributed by atoms with E-state index in [1.807, 2.05) is 6.92 Å². The first-order valence-electron chi connectivity index (χ1n) is 4.89.